The first-order valence-corrected chi connectivity index (χ1v) is 6.57. The van der Waals surface area contributed by atoms with Crippen LogP contribution in [0.5, 0.6) is 5.75 Å². The molecule has 2 aromatic rings. The molecule has 0 fully saturated rings. The summed E-state index contributed by atoms with van der Waals surface area (Å²) in [7, 11) is 1.90. The van der Waals surface area contributed by atoms with E-state index in [-0.39, 0.29) is 5.82 Å². The van der Waals surface area contributed by atoms with Gasteiger partial charge in [0.15, 0.2) is 11.6 Å². The van der Waals surface area contributed by atoms with Crippen molar-refractivity contribution in [1.29, 1.82) is 0 Å². The van der Waals surface area contributed by atoms with Crippen molar-refractivity contribution in [1.82, 2.24) is 10.3 Å². The minimum absolute atomic E-state index is 0.296. The van der Waals surface area contributed by atoms with Crippen LogP contribution in [-0.2, 0) is 13.0 Å². The number of rotatable bonds is 6. The highest BCUT2D eigenvalue weighted by Crippen LogP contribution is 2.17. The van der Waals surface area contributed by atoms with E-state index in [2.05, 4.69) is 10.3 Å². The van der Waals surface area contributed by atoms with Crippen LogP contribution in [0.4, 0.5) is 4.39 Å². The number of aromatic nitrogens is 1. The summed E-state index contributed by atoms with van der Waals surface area (Å²) in [5.41, 5.74) is 0. The maximum Gasteiger partial charge on any atom is 0.165 e. The summed E-state index contributed by atoms with van der Waals surface area (Å²) < 4.78 is 18.7. The zero-order chi connectivity index (χ0) is 12.8. The van der Waals surface area contributed by atoms with Crippen LogP contribution in [0, 0.1) is 5.82 Å². The first-order chi connectivity index (χ1) is 8.79. The standard InChI is InChI=1S/C13H15FN2OS/c1-15-8-10-9-16-13(18-10)6-7-17-12-5-3-2-4-11(12)14/h2-5,9,15H,6-8H2,1H3. The number of halogens is 1. The third-order valence-corrected chi connectivity index (χ3v) is 3.42. The van der Waals surface area contributed by atoms with E-state index in [1.54, 1.807) is 29.5 Å². The number of hydrogen-bond acceptors (Lipinski definition) is 4. The fraction of sp³-hybridized carbons (Fsp3) is 0.308. The third-order valence-electron chi connectivity index (χ3n) is 2.36. The van der Waals surface area contributed by atoms with E-state index in [0.717, 1.165) is 11.6 Å². The molecule has 0 saturated heterocycles. The van der Waals surface area contributed by atoms with Gasteiger partial charge in [0.1, 0.15) is 0 Å². The monoisotopic (exact) mass is 266 g/mol. The maximum atomic E-state index is 13.3. The summed E-state index contributed by atoms with van der Waals surface area (Å²) in [4.78, 5) is 5.49. The Kier molecular flexibility index (Phi) is 4.66. The molecule has 0 aliphatic carbocycles. The van der Waals surface area contributed by atoms with Crippen LogP contribution in [0.25, 0.3) is 0 Å². The van der Waals surface area contributed by atoms with E-state index < -0.39 is 0 Å². The highest BCUT2D eigenvalue weighted by Gasteiger charge is 2.04. The van der Waals surface area contributed by atoms with Gasteiger partial charge in [-0.15, -0.1) is 11.3 Å². The zero-order valence-electron chi connectivity index (χ0n) is 10.1. The van der Waals surface area contributed by atoms with Crippen LogP contribution in [0.3, 0.4) is 0 Å². The van der Waals surface area contributed by atoms with Crippen LogP contribution in [0.15, 0.2) is 30.5 Å². The maximum absolute atomic E-state index is 13.3. The van der Waals surface area contributed by atoms with Crippen molar-refractivity contribution in [3.05, 3.63) is 46.2 Å². The van der Waals surface area contributed by atoms with E-state index in [4.69, 9.17) is 4.74 Å². The lowest BCUT2D eigenvalue weighted by Crippen LogP contribution is -2.03. The predicted octanol–water partition coefficient (Wildman–Crippen LogP) is 2.62. The van der Waals surface area contributed by atoms with Gasteiger partial charge < -0.3 is 10.1 Å². The average Bonchev–Trinajstić information content (AvgIpc) is 2.80. The smallest absolute Gasteiger partial charge is 0.165 e. The third kappa shape index (κ3) is 3.51. The largest absolute Gasteiger partial charge is 0.490 e. The van der Waals surface area contributed by atoms with Crippen LogP contribution < -0.4 is 10.1 Å². The van der Waals surface area contributed by atoms with Gasteiger partial charge in [-0.2, -0.15) is 0 Å². The molecule has 0 aliphatic heterocycles. The Morgan fingerprint density at radius 1 is 1.39 bits per heavy atom. The number of ether oxygens (including phenoxy) is 1. The van der Waals surface area contributed by atoms with Crippen molar-refractivity contribution in [3.8, 4) is 5.75 Å². The molecule has 0 radical (unpaired) electrons. The van der Waals surface area contributed by atoms with Crippen LogP contribution in [-0.4, -0.2) is 18.6 Å². The molecule has 18 heavy (non-hydrogen) atoms. The number of para-hydroxylation sites is 1. The van der Waals surface area contributed by atoms with Gasteiger partial charge in [-0.05, 0) is 19.2 Å². The van der Waals surface area contributed by atoms with Gasteiger partial charge in [0.05, 0.1) is 11.6 Å². The van der Waals surface area contributed by atoms with Gasteiger partial charge >= 0.3 is 0 Å². The summed E-state index contributed by atoms with van der Waals surface area (Å²) in [6.45, 7) is 1.26. The Morgan fingerprint density at radius 2 is 2.22 bits per heavy atom. The topological polar surface area (TPSA) is 34.2 Å². The van der Waals surface area contributed by atoms with Crippen molar-refractivity contribution in [3.63, 3.8) is 0 Å². The first-order valence-electron chi connectivity index (χ1n) is 5.75. The second-order valence-corrected chi connectivity index (χ2v) is 4.98. The molecule has 0 aliphatic rings. The molecule has 3 nitrogen and oxygen atoms in total. The van der Waals surface area contributed by atoms with Gasteiger partial charge in [0, 0.05) is 24.0 Å². The van der Waals surface area contributed by atoms with Crippen molar-refractivity contribution in [2.75, 3.05) is 13.7 Å². The number of nitrogens with one attached hydrogen (secondary N) is 1. The lowest BCUT2D eigenvalue weighted by molar-refractivity contribution is 0.305. The molecule has 0 saturated carbocycles. The molecular weight excluding hydrogens is 251 g/mol. The van der Waals surface area contributed by atoms with Crippen molar-refractivity contribution >= 4 is 11.3 Å². The molecule has 1 aromatic heterocycles. The van der Waals surface area contributed by atoms with Crippen molar-refractivity contribution in [2.45, 2.75) is 13.0 Å². The Morgan fingerprint density at radius 3 is 3.00 bits per heavy atom. The molecule has 0 atom stereocenters. The quantitative estimate of drug-likeness (QED) is 0.872. The fourth-order valence-electron chi connectivity index (χ4n) is 1.53. The Balaban J connectivity index is 1.83. The molecule has 2 rings (SSSR count). The molecule has 5 heteroatoms. The van der Waals surface area contributed by atoms with Crippen LogP contribution in [0.1, 0.15) is 9.88 Å². The highest BCUT2D eigenvalue weighted by atomic mass is 32.1. The van der Waals surface area contributed by atoms with E-state index in [0.29, 0.717) is 18.8 Å². The Bertz CT molecular complexity index is 501. The normalized spacial score (nSPS) is 10.6. The zero-order valence-corrected chi connectivity index (χ0v) is 11.0. The molecule has 1 aromatic carbocycles. The van der Waals surface area contributed by atoms with Gasteiger partial charge in [0.2, 0.25) is 0 Å². The first kappa shape index (κ1) is 13.0. The van der Waals surface area contributed by atoms with E-state index in [1.807, 2.05) is 13.2 Å². The minimum atomic E-state index is -0.326. The van der Waals surface area contributed by atoms with Crippen molar-refractivity contribution < 1.29 is 9.13 Å². The van der Waals surface area contributed by atoms with E-state index >= 15 is 0 Å². The van der Waals surface area contributed by atoms with Gasteiger partial charge in [-0.1, -0.05) is 12.1 Å². The number of nitrogens with zero attached hydrogens (tertiary/aromatic N) is 1. The molecule has 0 bridgehead atoms. The number of thiazole rings is 1. The molecule has 1 N–H and O–H groups in total. The fourth-order valence-corrected chi connectivity index (χ4v) is 2.45. The average molecular weight is 266 g/mol. The Hall–Kier alpha value is -1.46. The highest BCUT2D eigenvalue weighted by molar-refractivity contribution is 7.11. The summed E-state index contributed by atoms with van der Waals surface area (Å²) >= 11 is 1.65. The lowest BCUT2D eigenvalue weighted by atomic mass is 10.3. The van der Waals surface area contributed by atoms with Crippen molar-refractivity contribution in [2.24, 2.45) is 0 Å². The molecule has 0 amide bonds. The van der Waals surface area contributed by atoms with Crippen LogP contribution in [0.2, 0.25) is 0 Å². The van der Waals surface area contributed by atoms with Gasteiger partial charge in [-0.3, -0.25) is 0 Å². The molecule has 96 valence electrons. The summed E-state index contributed by atoms with van der Waals surface area (Å²) in [6.07, 6.45) is 2.56. The molecule has 0 unspecified atom stereocenters. The van der Waals surface area contributed by atoms with E-state index in [1.165, 1.54) is 10.9 Å². The second kappa shape index (κ2) is 6.47. The Labute approximate surface area is 110 Å². The van der Waals surface area contributed by atoms with E-state index in [9.17, 15) is 4.39 Å². The number of benzene rings is 1. The summed E-state index contributed by atoms with van der Waals surface area (Å²) in [5, 5.41) is 4.09. The van der Waals surface area contributed by atoms with Gasteiger partial charge in [0.25, 0.3) is 0 Å². The molecular formula is C13H15FN2OS. The number of hydrogen-bond donors (Lipinski definition) is 1. The second-order valence-electron chi connectivity index (χ2n) is 3.78. The summed E-state index contributed by atoms with van der Waals surface area (Å²) in [6, 6.07) is 6.42. The van der Waals surface area contributed by atoms with Gasteiger partial charge in [-0.25, -0.2) is 9.37 Å². The molecule has 0 spiro atoms. The minimum Gasteiger partial charge on any atom is -0.490 e. The predicted molar refractivity (Wildman–Crippen MR) is 70.5 cm³/mol. The SMILES string of the molecule is CNCc1cnc(CCOc2ccccc2F)s1. The van der Waals surface area contributed by atoms with Crippen LogP contribution >= 0.6 is 11.3 Å². The summed E-state index contributed by atoms with van der Waals surface area (Å²) in [5.74, 6) is -0.0305. The molecule has 1 heterocycles. The lowest BCUT2D eigenvalue weighted by Gasteiger charge is -2.05.